The minimum atomic E-state index is 0. The molecule has 0 aromatic carbocycles. The van der Waals surface area contributed by atoms with E-state index < -0.39 is 0 Å². The Morgan fingerprint density at radius 2 is 1.88 bits per heavy atom. The SMILES string of the molecule is C=[C-]OCC.Cl.Cl.[Ce]. The molecule has 0 radical (unpaired) electrons. The van der Waals surface area contributed by atoms with Crippen LogP contribution in [0.25, 0.3) is 0 Å². The van der Waals surface area contributed by atoms with Crippen molar-refractivity contribution >= 4 is 24.8 Å². The maximum atomic E-state index is 4.47. The second-order valence-corrected chi connectivity index (χ2v) is 0.577. The van der Waals surface area contributed by atoms with Crippen molar-refractivity contribution in [2.75, 3.05) is 6.61 Å². The van der Waals surface area contributed by atoms with E-state index in [1.807, 2.05) is 6.92 Å². The third-order valence-corrected chi connectivity index (χ3v) is 0.246. The third kappa shape index (κ3) is 25.9. The zero-order valence-electron chi connectivity index (χ0n) is 4.64. The summed E-state index contributed by atoms with van der Waals surface area (Å²) >= 11 is 0. The summed E-state index contributed by atoms with van der Waals surface area (Å²) in [6.45, 7) is 5.76. The van der Waals surface area contributed by atoms with Crippen molar-refractivity contribution in [2.24, 2.45) is 0 Å². The molecule has 0 bridgehead atoms. The predicted octanol–water partition coefficient (Wildman–Crippen LogP) is 1.81. The van der Waals surface area contributed by atoms with Crippen LogP contribution in [0.4, 0.5) is 0 Å². The summed E-state index contributed by atoms with van der Waals surface area (Å²) in [6.07, 6.45) is 2.27. The first kappa shape index (κ1) is 22.7. The Labute approximate surface area is 96.4 Å². The van der Waals surface area contributed by atoms with E-state index in [1.165, 1.54) is 0 Å². The molecule has 0 N–H and O–H groups in total. The first-order chi connectivity index (χ1) is 2.41. The molecule has 0 aromatic rings. The van der Waals surface area contributed by atoms with Crippen LogP contribution in [0, 0.1) is 48.0 Å². The monoisotopic (exact) mass is 283 g/mol. The quantitative estimate of drug-likeness (QED) is 0.555. The van der Waals surface area contributed by atoms with Crippen LogP contribution in [-0.4, -0.2) is 6.61 Å². The van der Waals surface area contributed by atoms with E-state index in [4.69, 9.17) is 0 Å². The molecular weight excluding hydrogens is 275 g/mol. The van der Waals surface area contributed by atoms with Crippen molar-refractivity contribution in [1.29, 1.82) is 0 Å². The fourth-order valence-electron chi connectivity index (χ4n) is 0.102. The Morgan fingerprint density at radius 3 is 1.88 bits per heavy atom. The molecule has 0 atom stereocenters. The minimum absolute atomic E-state index is 0. The number of hydrogen-bond donors (Lipinski definition) is 0. The van der Waals surface area contributed by atoms with Crippen molar-refractivity contribution in [2.45, 2.75) is 6.92 Å². The van der Waals surface area contributed by atoms with Crippen molar-refractivity contribution < 1.29 is 46.5 Å². The molecule has 0 spiro atoms. The van der Waals surface area contributed by atoms with Gasteiger partial charge in [-0.1, -0.05) is 0 Å². The molecule has 50 valence electrons. The van der Waals surface area contributed by atoms with Gasteiger partial charge in [0, 0.05) is 48.4 Å². The van der Waals surface area contributed by atoms with Crippen LogP contribution < -0.4 is 0 Å². The Morgan fingerprint density at radius 1 is 1.50 bits per heavy atom. The van der Waals surface area contributed by atoms with E-state index in [1.54, 1.807) is 0 Å². The van der Waals surface area contributed by atoms with E-state index in [9.17, 15) is 0 Å². The second kappa shape index (κ2) is 23.6. The number of halogens is 2. The van der Waals surface area contributed by atoms with Crippen molar-refractivity contribution in [1.82, 2.24) is 0 Å². The van der Waals surface area contributed by atoms with Crippen LogP contribution in [0.5, 0.6) is 0 Å². The molecule has 0 fully saturated rings. The summed E-state index contributed by atoms with van der Waals surface area (Å²) in [5.74, 6) is 0. The van der Waals surface area contributed by atoms with Gasteiger partial charge in [0.15, 0.2) is 0 Å². The Hall–Kier alpha value is 1.50. The third-order valence-electron chi connectivity index (χ3n) is 0.246. The minimum Gasteiger partial charge on any atom is -0.694 e. The molecule has 0 aromatic heterocycles. The maximum Gasteiger partial charge on any atom is 0.0424 e. The molecule has 0 aliphatic rings. The normalized spacial score (nSPS) is 4.12. The zero-order chi connectivity index (χ0) is 4.12. The molecule has 0 amide bonds. The van der Waals surface area contributed by atoms with Gasteiger partial charge in [-0.3, -0.25) is 0 Å². The van der Waals surface area contributed by atoms with Crippen LogP contribution in [0.1, 0.15) is 6.92 Å². The van der Waals surface area contributed by atoms with Gasteiger partial charge in [0.2, 0.25) is 0 Å². The largest absolute Gasteiger partial charge is 0.694 e. The topological polar surface area (TPSA) is 9.23 Å². The van der Waals surface area contributed by atoms with Gasteiger partial charge in [-0.15, -0.1) is 24.8 Å². The van der Waals surface area contributed by atoms with Crippen LogP contribution >= 0.6 is 24.8 Å². The van der Waals surface area contributed by atoms with E-state index in [-0.39, 0.29) is 66.6 Å². The van der Waals surface area contributed by atoms with Gasteiger partial charge in [0.25, 0.3) is 0 Å². The van der Waals surface area contributed by atoms with Gasteiger partial charge < -0.3 is 11.0 Å². The molecule has 8 heavy (non-hydrogen) atoms. The first-order valence-electron chi connectivity index (χ1n) is 1.55. The van der Waals surface area contributed by atoms with Crippen molar-refractivity contribution in [3.63, 3.8) is 0 Å². The molecule has 0 heterocycles. The average molecular weight is 284 g/mol. The summed E-state index contributed by atoms with van der Waals surface area (Å²) < 4.78 is 4.47. The Balaban J connectivity index is -0.0000000267. The van der Waals surface area contributed by atoms with Gasteiger partial charge in [0.05, 0.1) is 0 Å². The van der Waals surface area contributed by atoms with Crippen molar-refractivity contribution in [3.8, 4) is 0 Å². The van der Waals surface area contributed by atoms with Crippen molar-refractivity contribution in [3.05, 3.63) is 12.8 Å². The standard InChI is InChI=1S/C4H7O.Ce.2ClH/c1-3-5-4-2;;;/h1,4H2,2H3;;2*1H/q-1;;;. The zero-order valence-corrected chi connectivity index (χ0v) is 9.41. The molecule has 4 heteroatoms. The van der Waals surface area contributed by atoms with Gasteiger partial charge >= 0.3 is 0 Å². The van der Waals surface area contributed by atoms with E-state index in [2.05, 4.69) is 17.6 Å². The smallest absolute Gasteiger partial charge is 0.0424 e. The molecule has 0 unspecified atom stereocenters. The van der Waals surface area contributed by atoms with Crippen LogP contribution in [0.3, 0.4) is 0 Å². The fourth-order valence-corrected chi connectivity index (χ4v) is 0.102. The molecule has 0 aliphatic heterocycles. The van der Waals surface area contributed by atoms with Crippen LogP contribution in [-0.2, 0) is 4.74 Å². The molecule has 0 saturated carbocycles. The molecular formula is C4H9CeCl2O-. The summed E-state index contributed by atoms with van der Waals surface area (Å²) in [6, 6.07) is 0. The van der Waals surface area contributed by atoms with E-state index >= 15 is 0 Å². The summed E-state index contributed by atoms with van der Waals surface area (Å²) in [4.78, 5) is 0. The van der Waals surface area contributed by atoms with Gasteiger partial charge in [0.1, 0.15) is 0 Å². The first-order valence-corrected chi connectivity index (χ1v) is 1.55. The van der Waals surface area contributed by atoms with Crippen LogP contribution in [0.15, 0.2) is 6.58 Å². The number of hydrogen-bond acceptors (Lipinski definition) is 1. The summed E-state index contributed by atoms with van der Waals surface area (Å²) in [5.41, 5.74) is 0. The predicted molar refractivity (Wildman–Crippen MR) is 35.0 cm³/mol. The number of rotatable bonds is 2. The Bertz CT molecular complexity index is 35.2. The molecule has 0 rings (SSSR count). The van der Waals surface area contributed by atoms with Gasteiger partial charge in [-0.05, 0) is 6.92 Å². The molecule has 1 nitrogen and oxygen atoms in total. The average Bonchev–Trinajstić information content (AvgIpc) is 1.41. The number of ether oxygens (including phenoxy) is 1. The van der Waals surface area contributed by atoms with E-state index in [0.29, 0.717) is 6.61 Å². The molecule has 0 aliphatic carbocycles. The maximum absolute atomic E-state index is 4.47. The fraction of sp³-hybridized carbons (Fsp3) is 0.500. The van der Waals surface area contributed by atoms with Gasteiger partial charge in [-0.2, -0.15) is 0 Å². The summed E-state index contributed by atoms with van der Waals surface area (Å²) in [5, 5.41) is 0. The van der Waals surface area contributed by atoms with Crippen LogP contribution in [0.2, 0.25) is 0 Å². The van der Waals surface area contributed by atoms with Gasteiger partial charge in [-0.25, -0.2) is 6.58 Å². The second-order valence-electron chi connectivity index (χ2n) is 0.577. The van der Waals surface area contributed by atoms with E-state index in [0.717, 1.165) is 0 Å². The summed E-state index contributed by atoms with van der Waals surface area (Å²) in [7, 11) is 0. The Kier molecular flexibility index (Phi) is 67.0. The molecule has 0 saturated heterocycles.